The van der Waals surface area contributed by atoms with Gasteiger partial charge in [-0.15, -0.1) is 10.2 Å². The van der Waals surface area contributed by atoms with Crippen LogP contribution in [0.1, 0.15) is 18.7 Å². The SMILES string of the molecule is Cn1cnnc1CN1CCN(C(=O)C2(CO)CC2)C[C@H](O)C1. The number of carbonyl (C=O) groups excluding carboxylic acids is 1. The number of hydrogen-bond donors (Lipinski definition) is 2. The van der Waals surface area contributed by atoms with E-state index in [1.54, 1.807) is 11.2 Å². The number of aryl methyl sites for hydroxylation is 1. The number of carbonyl (C=O) groups is 1. The van der Waals surface area contributed by atoms with Crippen LogP contribution in [0.4, 0.5) is 0 Å². The van der Waals surface area contributed by atoms with Crippen molar-refractivity contribution in [2.45, 2.75) is 25.5 Å². The van der Waals surface area contributed by atoms with Crippen molar-refractivity contribution >= 4 is 5.91 Å². The number of amides is 1. The first-order valence-electron chi connectivity index (χ1n) is 7.67. The van der Waals surface area contributed by atoms with Crippen molar-refractivity contribution in [1.82, 2.24) is 24.6 Å². The normalized spacial score (nSPS) is 25.0. The van der Waals surface area contributed by atoms with Crippen molar-refractivity contribution in [2.75, 3.05) is 32.8 Å². The van der Waals surface area contributed by atoms with E-state index in [-0.39, 0.29) is 12.5 Å². The molecule has 122 valence electrons. The zero-order valence-electron chi connectivity index (χ0n) is 12.9. The summed E-state index contributed by atoms with van der Waals surface area (Å²) < 4.78 is 1.85. The van der Waals surface area contributed by atoms with Crippen molar-refractivity contribution in [3.63, 3.8) is 0 Å². The van der Waals surface area contributed by atoms with Gasteiger partial charge in [0, 0.05) is 33.2 Å². The van der Waals surface area contributed by atoms with Crippen LogP contribution in [0.25, 0.3) is 0 Å². The van der Waals surface area contributed by atoms with Gasteiger partial charge in [-0.05, 0) is 12.8 Å². The van der Waals surface area contributed by atoms with Crippen LogP contribution in [-0.2, 0) is 18.4 Å². The average molecular weight is 309 g/mol. The van der Waals surface area contributed by atoms with E-state index in [1.165, 1.54) is 0 Å². The second kappa shape index (κ2) is 5.94. The van der Waals surface area contributed by atoms with E-state index < -0.39 is 11.5 Å². The predicted octanol–water partition coefficient (Wildman–Crippen LogP) is -1.41. The minimum absolute atomic E-state index is 0.0189. The zero-order chi connectivity index (χ0) is 15.7. The molecule has 0 spiro atoms. The quantitative estimate of drug-likeness (QED) is 0.710. The standard InChI is InChI=1S/C14H23N5O3/c1-17-10-15-16-12(17)8-18-4-5-19(7-11(21)6-18)13(22)14(9-20)2-3-14/h10-11,20-21H,2-9H2,1H3/t11-/m1/s1. The lowest BCUT2D eigenvalue weighted by Gasteiger charge is -2.25. The minimum Gasteiger partial charge on any atom is -0.395 e. The molecule has 2 N–H and O–H groups in total. The molecular weight excluding hydrogens is 286 g/mol. The van der Waals surface area contributed by atoms with E-state index in [9.17, 15) is 15.0 Å². The van der Waals surface area contributed by atoms with Crippen LogP contribution in [0.2, 0.25) is 0 Å². The summed E-state index contributed by atoms with van der Waals surface area (Å²) in [5.41, 5.74) is -0.571. The minimum atomic E-state index is -0.589. The molecule has 8 heteroatoms. The second-order valence-electron chi connectivity index (χ2n) is 6.44. The fraction of sp³-hybridized carbons (Fsp3) is 0.786. The molecule has 1 aromatic heterocycles. The summed E-state index contributed by atoms with van der Waals surface area (Å²) in [4.78, 5) is 16.3. The van der Waals surface area contributed by atoms with Gasteiger partial charge in [-0.1, -0.05) is 0 Å². The number of hydrogen-bond acceptors (Lipinski definition) is 6. The first-order chi connectivity index (χ1) is 10.5. The highest BCUT2D eigenvalue weighted by molar-refractivity contribution is 5.85. The number of β-amino-alcohol motifs (C(OH)–C–C–N with tert-alkyl or cyclic N) is 1. The molecule has 0 bridgehead atoms. The molecule has 1 atom stereocenters. The van der Waals surface area contributed by atoms with E-state index in [0.717, 1.165) is 18.7 Å². The molecular formula is C14H23N5O3. The molecule has 22 heavy (non-hydrogen) atoms. The molecule has 0 aromatic carbocycles. The fourth-order valence-corrected chi connectivity index (χ4v) is 2.96. The van der Waals surface area contributed by atoms with Gasteiger partial charge in [0.1, 0.15) is 12.2 Å². The average Bonchev–Trinajstić information content (AvgIpc) is 3.23. The van der Waals surface area contributed by atoms with E-state index in [1.807, 2.05) is 11.6 Å². The van der Waals surface area contributed by atoms with Crippen molar-refractivity contribution < 1.29 is 15.0 Å². The molecule has 0 radical (unpaired) electrons. The molecule has 1 aromatic rings. The molecule has 2 heterocycles. The fourth-order valence-electron chi connectivity index (χ4n) is 2.96. The number of rotatable bonds is 4. The maximum atomic E-state index is 12.5. The first-order valence-corrected chi connectivity index (χ1v) is 7.67. The zero-order valence-corrected chi connectivity index (χ0v) is 12.9. The number of aliphatic hydroxyl groups is 2. The summed E-state index contributed by atoms with van der Waals surface area (Å²) in [5, 5.41) is 27.5. The molecule has 1 saturated heterocycles. The van der Waals surface area contributed by atoms with E-state index in [2.05, 4.69) is 15.1 Å². The van der Waals surface area contributed by atoms with Gasteiger partial charge in [0.25, 0.3) is 0 Å². The highest BCUT2D eigenvalue weighted by Gasteiger charge is 2.51. The molecule has 1 saturated carbocycles. The lowest BCUT2D eigenvalue weighted by molar-refractivity contribution is -0.139. The van der Waals surface area contributed by atoms with Crippen LogP contribution in [0.5, 0.6) is 0 Å². The third kappa shape index (κ3) is 2.99. The van der Waals surface area contributed by atoms with Gasteiger partial charge in [-0.25, -0.2) is 0 Å². The summed E-state index contributed by atoms with van der Waals surface area (Å²) in [6.07, 6.45) is 2.56. The largest absolute Gasteiger partial charge is 0.395 e. The Labute approximate surface area is 129 Å². The third-order valence-corrected chi connectivity index (χ3v) is 4.65. The summed E-state index contributed by atoms with van der Waals surface area (Å²) in [5.74, 6) is 0.815. The van der Waals surface area contributed by atoms with E-state index in [0.29, 0.717) is 32.7 Å². The monoisotopic (exact) mass is 309 g/mol. The highest BCUT2D eigenvalue weighted by atomic mass is 16.3. The van der Waals surface area contributed by atoms with Crippen LogP contribution in [0.3, 0.4) is 0 Å². The van der Waals surface area contributed by atoms with Crippen LogP contribution in [-0.4, -0.2) is 79.6 Å². The van der Waals surface area contributed by atoms with Crippen LogP contribution < -0.4 is 0 Å². The van der Waals surface area contributed by atoms with E-state index >= 15 is 0 Å². The Bertz CT molecular complexity index is 542. The topological polar surface area (TPSA) is 94.7 Å². The lowest BCUT2D eigenvalue weighted by atomic mass is 10.1. The van der Waals surface area contributed by atoms with Gasteiger partial charge in [-0.2, -0.15) is 0 Å². The molecule has 8 nitrogen and oxygen atoms in total. The summed E-state index contributed by atoms with van der Waals surface area (Å²) in [6.45, 7) is 2.58. The van der Waals surface area contributed by atoms with E-state index in [4.69, 9.17) is 0 Å². The summed E-state index contributed by atoms with van der Waals surface area (Å²) in [6, 6.07) is 0. The smallest absolute Gasteiger partial charge is 0.231 e. The second-order valence-corrected chi connectivity index (χ2v) is 6.44. The predicted molar refractivity (Wildman–Crippen MR) is 77.6 cm³/mol. The molecule has 0 unspecified atom stereocenters. The Hall–Kier alpha value is -1.51. The van der Waals surface area contributed by atoms with Gasteiger partial charge < -0.3 is 19.7 Å². The Morgan fingerprint density at radius 1 is 1.41 bits per heavy atom. The molecule has 1 amide bonds. The van der Waals surface area contributed by atoms with Crippen LogP contribution >= 0.6 is 0 Å². The number of aromatic nitrogens is 3. The van der Waals surface area contributed by atoms with Crippen molar-refractivity contribution in [2.24, 2.45) is 12.5 Å². The highest BCUT2D eigenvalue weighted by Crippen LogP contribution is 2.46. The number of aliphatic hydroxyl groups excluding tert-OH is 2. The van der Waals surface area contributed by atoms with Gasteiger partial charge >= 0.3 is 0 Å². The molecule has 2 fully saturated rings. The van der Waals surface area contributed by atoms with Crippen molar-refractivity contribution in [3.8, 4) is 0 Å². The van der Waals surface area contributed by atoms with Crippen LogP contribution in [0, 0.1) is 5.41 Å². The Morgan fingerprint density at radius 3 is 2.77 bits per heavy atom. The Balaban J connectivity index is 1.63. The van der Waals surface area contributed by atoms with Crippen molar-refractivity contribution in [1.29, 1.82) is 0 Å². The van der Waals surface area contributed by atoms with Gasteiger partial charge in [0.15, 0.2) is 0 Å². The maximum absolute atomic E-state index is 12.5. The van der Waals surface area contributed by atoms with Gasteiger partial charge in [-0.3, -0.25) is 9.69 Å². The Morgan fingerprint density at radius 2 is 2.18 bits per heavy atom. The molecule has 1 aliphatic carbocycles. The summed E-state index contributed by atoms with van der Waals surface area (Å²) >= 11 is 0. The molecule has 3 rings (SSSR count). The molecule has 1 aliphatic heterocycles. The van der Waals surface area contributed by atoms with Gasteiger partial charge in [0.05, 0.1) is 24.7 Å². The molecule has 2 aliphatic rings. The summed E-state index contributed by atoms with van der Waals surface area (Å²) in [7, 11) is 1.89. The third-order valence-electron chi connectivity index (χ3n) is 4.65. The maximum Gasteiger partial charge on any atom is 0.231 e. The Kier molecular flexibility index (Phi) is 4.16. The first kappa shape index (κ1) is 15.4. The number of nitrogens with zero attached hydrogens (tertiary/aromatic N) is 5. The van der Waals surface area contributed by atoms with Crippen molar-refractivity contribution in [3.05, 3.63) is 12.2 Å². The van der Waals surface area contributed by atoms with Gasteiger partial charge in [0.2, 0.25) is 5.91 Å². The lowest BCUT2D eigenvalue weighted by Crippen LogP contribution is -2.43. The van der Waals surface area contributed by atoms with Crippen LogP contribution in [0.15, 0.2) is 6.33 Å².